The summed E-state index contributed by atoms with van der Waals surface area (Å²) in [5, 5.41) is 8.93. The summed E-state index contributed by atoms with van der Waals surface area (Å²) in [6.45, 7) is 2.26. The van der Waals surface area contributed by atoms with Crippen LogP contribution in [0.1, 0.15) is 34.7 Å². The zero-order valence-electron chi connectivity index (χ0n) is 12.6. The van der Waals surface area contributed by atoms with E-state index in [0.717, 1.165) is 31.5 Å². The van der Waals surface area contributed by atoms with Crippen LogP contribution in [0.25, 0.3) is 0 Å². The number of carboxylic acids is 1. The van der Waals surface area contributed by atoms with Gasteiger partial charge in [-0.3, -0.25) is 9.69 Å². The summed E-state index contributed by atoms with van der Waals surface area (Å²) in [6.07, 6.45) is 2.14. The molecule has 1 amide bonds. The highest BCUT2D eigenvalue weighted by Crippen LogP contribution is 2.27. The number of carboxylic acid groups (broad SMARTS) is 1. The third-order valence-electron chi connectivity index (χ3n) is 3.99. The fourth-order valence-corrected chi connectivity index (χ4v) is 2.70. The molecule has 1 heterocycles. The van der Waals surface area contributed by atoms with E-state index < -0.39 is 5.97 Å². The Labute approximate surface area is 125 Å². The molecule has 2 rings (SSSR count). The summed E-state index contributed by atoms with van der Waals surface area (Å²) in [6, 6.07) is 7.10. The van der Waals surface area contributed by atoms with Gasteiger partial charge in [0.1, 0.15) is 0 Å². The van der Waals surface area contributed by atoms with Crippen LogP contribution in [0, 0.1) is 0 Å². The second-order valence-electron chi connectivity index (χ2n) is 5.79. The molecule has 1 fully saturated rings. The summed E-state index contributed by atoms with van der Waals surface area (Å²) >= 11 is 0. The lowest BCUT2D eigenvalue weighted by molar-refractivity contribution is -0.130. The number of rotatable bonds is 4. The molecule has 1 aliphatic rings. The summed E-state index contributed by atoms with van der Waals surface area (Å²) in [5.74, 6) is -0.406. The first-order chi connectivity index (χ1) is 9.97. The number of likely N-dealkylation sites (tertiary alicyclic amines) is 1. The number of nitrogens with zero attached hydrogens (tertiary/aromatic N) is 2. The Morgan fingerprint density at radius 2 is 1.95 bits per heavy atom. The van der Waals surface area contributed by atoms with Gasteiger partial charge in [0.05, 0.1) is 12.1 Å². The van der Waals surface area contributed by atoms with Crippen molar-refractivity contribution in [3.8, 4) is 0 Å². The number of likely N-dealkylation sites (N-methyl/N-ethyl adjacent to an activating group) is 1. The molecule has 21 heavy (non-hydrogen) atoms. The molecule has 1 saturated heterocycles. The van der Waals surface area contributed by atoms with Crippen molar-refractivity contribution in [3.63, 3.8) is 0 Å². The maximum absolute atomic E-state index is 11.8. The first-order valence-electron chi connectivity index (χ1n) is 7.23. The number of carbonyl (C=O) groups excluding carboxylic acids is 1. The monoisotopic (exact) mass is 290 g/mol. The van der Waals surface area contributed by atoms with Crippen LogP contribution in [0.2, 0.25) is 0 Å². The molecule has 1 unspecified atom stereocenters. The molecule has 1 N–H and O–H groups in total. The molecule has 0 saturated carbocycles. The third kappa shape index (κ3) is 4.04. The van der Waals surface area contributed by atoms with Crippen LogP contribution in [0.5, 0.6) is 0 Å². The molecule has 0 radical (unpaired) electrons. The minimum Gasteiger partial charge on any atom is -0.478 e. The quantitative estimate of drug-likeness (QED) is 0.916. The average molecular weight is 290 g/mol. The van der Waals surface area contributed by atoms with Crippen molar-refractivity contribution in [2.45, 2.75) is 18.8 Å². The van der Waals surface area contributed by atoms with E-state index in [0.29, 0.717) is 18.0 Å². The van der Waals surface area contributed by atoms with Gasteiger partial charge in [-0.2, -0.15) is 0 Å². The number of hydrogen-bond acceptors (Lipinski definition) is 3. The number of piperidine rings is 1. The highest BCUT2D eigenvalue weighted by molar-refractivity contribution is 5.87. The van der Waals surface area contributed by atoms with Gasteiger partial charge in [0.25, 0.3) is 0 Å². The van der Waals surface area contributed by atoms with Crippen LogP contribution in [-0.2, 0) is 4.79 Å². The molecule has 1 aromatic rings. The number of hydrogen-bond donors (Lipinski definition) is 1. The van der Waals surface area contributed by atoms with Gasteiger partial charge in [0, 0.05) is 20.6 Å². The topological polar surface area (TPSA) is 60.9 Å². The normalized spacial score (nSPS) is 19.2. The number of carbonyl (C=O) groups is 2. The van der Waals surface area contributed by atoms with Crippen LogP contribution in [-0.4, -0.2) is 60.5 Å². The van der Waals surface area contributed by atoms with Crippen molar-refractivity contribution >= 4 is 11.9 Å². The van der Waals surface area contributed by atoms with Crippen molar-refractivity contribution in [2.24, 2.45) is 0 Å². The summed E-state index contributed by atoms with van der Waals surface area (Å²) < 4.78 is 0. The lowest BCUT2D eigenvalue weighted by Gasteiger charge is -2.33. The van der Waals surface area contributed by atoms with Gasteiger partial charge in [0.2, 0.25) is 5.91 Å². The second kappa shape index (κ2) is 6.72. The van der Waals surface area contributed by atoms with Gasteiger partial charge in [0.15, 0.2) is 0 Å². The van der Waals surface area contributed by atoms with Crippen molar-refractivity contribution < 1.29 is 14.7 Å². The molecule has 5 heteroatoms. The van der Waals surface area contributed by atoms with Gasteiger partial charge in [-0.25, -0.2) is 4.79 Å². The predicted octanol–water partition coefficient (Wildman–Crippen LogP) is 1.65. The fraction of sp³-hybridized carbons (Fsp3) is 0.500. The Balaban J connectivity index is 2.00. The van der Waals surface area contributed by atoms with E-state index in [1.807, 2.05) is 12.1 Å². The first kappa shape index (κ1) is 15.5. The largest absolute Gasteiger partial charge is 0.478 e. The van der Waals surface area contributed by atoms with Gasteiger partial charge < -0.3 is 10.0 Å². The maximum atomic E-state index is 11.8. The van der Waals surface area contributed by atoms with E-state index in [4.69, 9.17) is 5.11 Å². The Hall–Kier alpha value is -1.88. The summed E-state index contributed by atoms with van der Waals surface area (Å²) in [5.41, 5.74) is 1.47. The minimum absolute atomic E-state index is 0.122. The molecular formula is C16H22N2O3. The molecule has 1 aromatic carbocycles. The van der Waals surface area contributed by atoms with Crippen LogP contribution >= 0.6 is 0 Å². The Morgan fingerprint density at radius 3 is 2.52 bits per heavy atom. The lowest BCUT2D eigenvalue weighted by Crippen LogP contribution is -2.41. The van der Waals surface area contributed by atoms with E-state index >= 15 is 0 Å². The minimum atomic E-state index is -0.900. The standard InChI is InChI=1S/C16H22N2O3/c1-17(2)15(19)11-18-9-3-4-14(10-18)12-5-7-13(8-6-12)16(20)21/h5-8,14H,3-4,9-11H2,1-2H3,(H,20,21). The highest BCUT2D eigenvalue weighted by Gasteiger charge is 2.23. The first-order valence-corrected chi connectivity index (χ1v) is 7.23. The molecule has 5 nitrogen and oxygen atoms in total. The lowest BCUT2D eigenvalue weighted by atomic mass is 9.90. The molecule has 0 bridgehead atoms. The van der Waals surface area contributed by atoms with E-state index in [2.05, 4.69) is 4.90 Å². The number of amides is 1. The van der Waals surface area contributed by atoms with Crippen molar-refractivity contribution in [3.05, 3.63) is 35.4 Å². The number of benzene rings is 1. The fourth-order valence-electron chi connectivity index (χ4n) is 2.70. The van der Waals surface area contributed by atoms with Gasteiger partial charge in [-0.1, -0.05) is 12.1 Å². The zero-order chi connectivity index (χ0) is 15.4. The Kier molecular flexibility index (Phi) is 4.96. The van der Waals surface area contributed by atoms with Crippen molar-refractivity contribution in [1.29, 1.82) is 0 Å². The molecule has 0 spiro atoms. The van der Waals surface area contributed by atoms with Gasteiger partial charge >= 0.3 is 5.97 Å². The average Bonchev–Trinajstić information content (AvgIpc) is 2.47. The van der Waals surface area contributed by atoms with E-state index in [1.54, 1.807) is 31.1 Å². The Morgan fingerprint density at radius 1 is 1.29 bits per heavy atom. The third-order valence-corrected chi connectivity index (χ3v) is 3.99. The van der Waals surface area contributed by atoms with E-state index in [1.165, 1.54) is 0 Å². The number of aromatic carboxylic acids is 1. The van der Waals surface area contributed by atoms with Gasteiger partial charge in [-0.15, -0.1) is 0 Å². The van der Waals surface area contributed by atoms with Crippen molar-refractivity contribution in [2.75, 3.05) is 33.7 Å². The van der Waals surface area contributed by atoms with Crippen LogP contribution < -0.4 is 0 Å². The molecule has 1 aliphatic heterocycles. The summed E-state index contributed by atoms with van der Waals surface area (Å²) in [7, 11) is 3.54. The molecule has 1 atom stereocenters. The van der Waals surface area contributed by atoms with Crippen molar-refractivity contribution in [1.82, 2.24) is 9.80 Å². The van der Waals surface area contributed by atoms with Crippen LogP contribution in [0.15, 0.2) is 24.3 Å². The molecular weight excluding hydrogens is 268 g/mol. The molecule has 114 valence electrons. The smallest absolute Gasteiger partial charge is 0.335 e. The van der Waals surface area contributed by atoms with Crippen LogP contribution in [0.3, 0.4) is 0 Å². The second-order valence-corrected chi connectivity index (χ2v) is 5.79. The molecule has 0 aliphatic carbocycles. The van der Waals surface area contributed by atoms with Crippen LogP contribution in [0.4, 0.5) is 0 Å². The SMILES string of the molecule is CN(C)C(=O)CN1CCCC(c2ccc(C(=O)O)cc2)C1. The van der Waals surface area contributed by atoms with E-state index in [9.17, 15) is 9.59 Å². The van der Waals surface area contributed by atoms with E-state index in [-0.39, 0.29) is 5.91 Å². The van der Waals surface area contributed by atoms with Gasteiger partial charge in [-0.05, 0) is 43.0 Å². The summed E-state index contributed by atoms with van der Waals surface area (Å²) in [4.78, 5) is 26.5. The molecule has 0 aromatic heterocycles. The maximum Gasteiger partial charge on any atom is 0.335 e. The highest BCUT2D eigenvalue weighted by atomic mass is 16.4. The zero-order valence-corrected chi connectivity index (χ0v) is 12.6. The Bertz CT molecular complexity index is 511. The predicted molar refractivity (Wildman–Crippen MR) is 80.5 cm³/mol.